The van der Waals surface area contributed by atoms with Crippen molar-refractivity contribution in [3.05, 3.63) is 50.9 Å². The first-order chi connectivity index (χ1) is 15.5. The Morgan fingerprint density at radius 2 is 1.88 bits per heavy atom. The number of nitrogens with one attached hydrogen (secondary N) is 1. The fraction of sp³-hybridized carbons (Fsp3) is 0.538. The van der Waals surface area contributed by atoms with Crippen molar-refractivity contribution in [2.75, 3.05) is 18.4 Å². The third-order valence-electron chi connectivity index (χ3n) is 6.72. The minimum Gasteiger partial charge on any atom is -0.372 e. The van der Waals surface area contributed by atoms with E-state index < -0.39 is 0 Å². The standard InChI is InChI=1S/C26H33ClN2O3S/c1-15-13-29(14-16(2)32-15)25(31)22-20-10-9-18(26(3,4)5)12-21(20)33-24(22)28-23(30)17-7-6-8-19(27)11-17/h6-8,11,15-16,18H,9-10,12-14H2,1-5H3,(H,28,30)/t15-,16-,18-/m1/s1. The van der Waals surface area contributed by atoms with Crippen LogP contribution in [-0.2, 0) is 17.6 Å². The molecule has 1 fully saturated rings. The van der Waals surface area contributed by atoms with Crippen LogP contribution < -0.4 is 5.32 Å². The number of morpholine rings is 1. The lowest BCUT2D eigenvalue weighted by Crippen LogP contribution is -2.48. The first-order valence-electron chi connectivity index (χ1n) is 11.7. The van der Waals surface area contributed by atoms with Crippen LogP contribution in [-0.4, -0.2) is 42.0 Å². The number of fused-ring (bicyclic) bond motifs is 1. The average molecular weight is 489 g/mol. The van der Waals surface area contributed by atoms with Crippen molar-refractivity contribution < 1.29 is 14.3 Å². The van der Waals surface area contributed by atoms with Gasteiger partial charge in [-0.3, -0.25) is 9.59 Å². The third kappa shape index (κ3) is 5.28. The molecule has 7 heteroatoms. The van der Waals surface area contributed by atoms with E-state index in [1.807, 2.05) is 18.7 Å². The van der Waals surface area contributed by atoms with E-state index in [1.165, 1.54) is 4.88 Å². The highest BCUT2D eigenvalue weighted by atomic mass is 35.5. The Morgan fingerprint density at radius 3 is 2.52 bits per heavy atom. The molecular formula is C26H33ClN2O3S. The van der Waals surface area contributed by atoms with Crippen LogP contribution >= 0.6 is 22.9 Å². The smallest absolute Gasteiger partial charge is 0.257 e. The minimum absolute atomic E-state index is 0.00916. The molecule has 2 aliphatic rings. The molecule has 178 valence electrons. The molecule has 0 spiro atoms. The minimum atomic E-state index is -0.249. The maximum Gasteiger partial charge on any atom is 0.257 e. The summed E-state index contributed by atoms with van der Waals surface area (Å²) >= 11 is 7.65. The Morgan fingerprint density at radius 1 is 1.18 bits per heavy atom. The van der Waals surface area contributed by atoms with Gasteiger partial charge in [-0.15, -0.1) is 11.3 Å². The highest BCUT2D eigenvalue weighted by molar-refractivity contribution is 7.17. The van der Waals surface area contributed by atoms with Crippen LogP contribution in [0.2, 0.25) is 5.02 Å². The number of hydrogen-bond acceptors (Lipinski definition) is 4. The number of ether oxygens (including phenoxy) is 1. The molecule has 1 aliphatic heterocycles. The predicted molar refractivity (Wildman–Crippen MR) is 135 cm³/mol. The number of halogens is 1. The molecule has 1 aliphatic carbocycles. The number of carbonyl (C=O) groups is 2. The summed E-state index contributed by atoms with van der Waals surface area (Å²) in [6.45, 7) is 11.9. The highest BCUT2D eigenvalue weighted by Crippen LogP contribution is 2.45. The first kappa shape index (κ1) is 24.2. The van der Waals surface area contributed by atoms with Gasteiger partial charge in [0.15, 0.2) is 0 Å². The number of anilines is 1. The van der Waals surface area contributed by atoms with Crippen LogP contribution in [0.15, 0.2) is 24.3 Å². The number of hydrogen-bond donors (Lipinski definition) is 1. The van der Waals surface area contributed by atoms with Gasteiger partial charge in [0.1, 0.15) is 5.00 Å². The van der Waals surface area contributed by atoms with Crippen LogP contribution in [0.4, 0.5) is 5.00 Å². The molecule has 4 rings (SSSR count). The van der Waals surface area contributed by atoms with Gasteiger partial charge in [0.05, 0.1) is 17.8 Å². The number of thiophene rings is 1. The first-order valence-corrected chi connectivity index (χ1v) is 12.9. The summed E-state index contributed by atoms with van der Waals surface area (Å²) in [7, 11) is 0. The summed E-state index contributed by atoms with van der Waals surface area (Å²) in [5, 5.41) is 4.21. The van der Waals surface area contributed by atoms with Crippen LogP contribution in [0.25, 0.3) is 0 Å². The molecule has 0 radical (unpaired) electrons. The maximum atomic E-state index is 13.8. The van der Waals surface area contributed by atoms with Gasteiger partial charge in [-0.1, -0.05) is 38.4 Å². The Hall–Kier alpha value is -1.89. The topological polar surface area (TPSA) is 58.6 Å². The van der Waals surface area contributed by atoms with Crippen molar-refractivity contribution in [3.63, 3.8) is 0 Å². The summed E-state index contributed by atoms with van der Waals surface area (Å²) in [4.78, 5) is 30.0. The molecule has 0 saturated carbocycles. The van der Waals surface area contributed by atoms with Crippen LogP contribution in [0.1, 0.15) is 72.2 Å². The Labute approximate surface area is 205 Å². The SMILES string of the molecule is C[C@@H]1CN(C(=O)c2c(NC(=O)c3cccc(Cl)c3)sc3c2CC[C@@H](C(C)(C)C)C3)C[C@@H](C)O1. The molecule has 2 aromatic rings. The van der Waals surface area contributed by atoms with Gasteiger partial charge >= 0.3 is 0 Å². The average Bonchev–Trinajstić information content (AvgIpc) is 3.08. The zero-order chi connectivity index (χ0) is 23.9. The van der Waals surface area contributed by atoms with Crippen molar-refractivity contribution in [2.24, 2.45) is 11.3 Å². The van der Waals surface area contributed by atoms with Crippen LogP contribution in [0.3, 0.4) is 0 Å². The summed E-state index contributed by atoms with van der Waals surface area (Å²) < 4.78 is 5.84. The van der Waals surface area contributed by atoms with Gasteiger partial charge in [0.25, 0.3) is 11.8 Å². The number of amides is 2. The zero-order valence-corrected chi connectivity index (χ0v) is 21.6. The lowest BCUT2D eigenvalue weighted by Gasteiger charge is -2.36. The normalized spacial score (nSPS) is 23.2. The van der Waals surface area contributed by atoms with Gasteiger partial charge in [-0.2, -0.15) is 0 Å². The largest absolute Gasteiger partial charge is 0.372 e. The van der Waals surface area contributed by atoms with Crippen LogP contribution in [0.5, 0.6) is 0 Å². The Bertz CT molecular complexity index is 1050. The van der Waals surface area contributed by atoms with Crippen LogP contribution in [0, 0.1) is 11.3 Å². The lowest BCUT2D eigenvalue weighted by atomic mass is 9.72. The van der Waals surface area contributed by atoms with E-state index in [0.717, 1.165) is 24.8 Å². The molecule has 0 unspecified atom stereocenters. The molecule has 5 nitrogen and oxygen atoms in total. The summed E-state index contributed by atoms with van der Waals surface area (Å²) in [6.07, 6.45) is 2.82. The molecule has 33 heavy (non-hydrogen) atoms. The highest BCUT2D eigenvalue weighted by Gasteiger charge is 2.36. The van der Waals surface area contributed by atoms with Gasteiger partial charge < -0.3 is 15.0 Å². The Balaban J connectivity index is 1.70. The molecule has 1 N–H and O–H groups in total. The second kappa shape index (κ2) is 9.40. The summed E-state index contributed by atoms with van der Waals surface area (Å²) in [5.41, 5.74) is 2.46. The van der Waals surface area contributed by atoms with Crippen molar-refractivity contribution in [1.29, 1.82) is 0 Å². The number of nitrogens with zero attached hydrogens (tertiary/aromatic N) is 1. The second-order valence-electron chi connectivity index (χ2n) is 10.4. The maximum absolute atomic E-state index is 13.8. The van der Waals surface area contributed by atoms with Crippen molar-refractivity contribution in [1.82, 2.24) is 4.90 Å². The molecule has 2 amide bonds. The quantitative estimate of drug-likeness (QED) is 0.571. The fourth-order valence-corrected chi connectivity index (χ4v) is 6.45. The summed E-state index contributed by atoms with van der Waals surface area (Å²) in [6, 6.07) is 6.88. The molecular weight excluding hydrogens is 456 g/mol. The number of rotatable bonds is 3. The zero-order valence-electron chi connectivity index (χ0n) is 20.0. The predicted octanol–water partition coefficient (Wildman–Crippen LogP) is 6.05. The van der Waals surface area contributed by atoms with Gasteiger partial charge in [-0.25, -0.2) is 0 Å². The monoisotopic (exact) mass is 488 g/mol. The molecule has 1 aromatic carbocycles. The molecule has 2 heterocycles. The van der Waals surface area contributed by atoms with Crippen molar-refractivity contribution >= 4 is 39.8 Å². The fourth-order valence-electron chi connectivity index (χ4n) is 4.95. The Kier molecular flexibility index (Phi) is 6.90. The molecule has 0 bridgehead atoms. The van der Waals surface area contributed by atoms with Crippen molar-refractivity contribution in [2.45, 2.75) is 66.1 Å². The van der Waals surface area contributed by atoms with E-state index in [9.17, 15) is 9.59 Å². The van der Waals surface area contributed by atoms with Gasteiger partial charge in [-0.05, 0) is 68.2 Å². The van der Waals surface area contributed by atoms with E-state index in [0.29, 0.717) is 40.2 Å². The van der Waals surface area contributed by atoms with E-state index in [2.05, 4.69) is 26.1 Å². The number of carbonyl (C=O) groups excluding carboxylic acids is 2. The molecule has 1 aromatic heterocycles. The van der Waals surface area contributed by atoms with Gasteiger partial charge in [0, 0.05) is 28.6 Å². The van der Waals surface area contributed by atoms with Crippen molar-refractivity contribution in [3.8, 4) is 0 Å². The number of benzene rings is 1. The van der Waals surface area contributed by atoms with E-state index in [1.54, 1.807) is 35.6 Å². The van der Waals surface area contributed by atoms with E-state index in [4.69, 9.17) is 16.3 Å². The summed E-state index contributed by atoms with van der Waals surface area (Å²) in [5.74, 6) is 0.290. The van der Waals surface area contributed by atoms with E-state index in [-0.39, 0.29) is 29.4 Å². The van der Waals surface area contributed by atoms with E-state index >= 15 is 0 Å². The third-order valence-corrected chi connectivity index (χ3v) is 8.13. The second-order valence-corrected chi connectivity index (χ2v) is 12.0. The molecule has 1 saturated heterocycles. The molecule has 3 atom stereocenters. The lowest BCUT2D eigenvalue weighted by molar-refractivity contribution is -0.0586. The van der Waals surface area contributed by atoms with Gasteiger partial charge in [0.2, 0.25) is 0 Å².